The lowest BCUT2D eigenvalue weighted by Crippen LogP contribution is -2.45. The van der Waals surface area contributed by atoms with Gasteiger partial charge in [-0.1, -0.05) is 307 Å². The fraction of sp³-hybridized carbons (Fsp3) is 0.885. The highest BCUT2D eigenvalue weighted by Gasteiger charge is 2.20. The molecule has 0 saturated carbocycles. The first-order valence-corrected chi connectivity index (χ1v) is 29.8. The van der Waals surface area contributed by atoms with Crippen molar-refractivity contribution in [1.82, 2.24) is 5.32 Å². The van der Waals surface area contributed by atoms with Gasteiger partial charge in [-0.2, -0.15) is 0 Å². The molecule has 0 spiro atoms. The van der Waals surface area contributed by atoms with E-state index < -0.39 is 18.2 Å². The Morgan fingerprint density at radius 3 is 0.970 bits per heavy atom. The van der Waals surface area contributed by atoms with Crippen LogP contribution in [0.15, 0.2) is 36.5 Å². The maximum Gasteiger partial charge on any atom is 0.222 e. The lowest BCUT2D eigenvalue weighted by Gasteiger charge is -2.21. The van der Waals surface area contributed by atoms with Gasteiger partial charge in [0.1, 0.15) is 0 Å². The SMILES string of the molecule is CCCCCCCCCCCCCCCC/C=C/CC/C=C/CC/C=C/C(O)C(CO)NC(=O)CC(O)CCCCCCCCCCCCCCCCCCCCCCCCCCCCC. The van der Waals surface area contributed by atoms with Crippen LogP contribution in [0.1, 0.15) is 322 Å². The third kappa shape index (κ3) is 52.0. The smallest absolute Gasteiger partial charge is 0.222 e. The van der Waals surface area contributed by atoms with E-state index in [0.717, 1.165) is 38.5 Å². The van der Waals surface area contributed by atoms with Crippen LogP contribution >= 0.6 is 0 Å². The molecule has 0 saturated heterocycles. The van der Waals surface area contributed by atoms with Gasteiger partial charge in [0.15, 0.2) is 0 Å². The van der Waals surface area contributed by atoms with Gasteiger partial charge < -0.3 is 20.6 Å². The van der Waals surface area contributed by atoms with Crippen molar-refractivity contribution in [2.75, 3.05) is 6.61 Å². The number of nitrogens with one attached hydrogen (secondary N) is 1. The van der Waals surface area contributed by atoms with Crippen molar-refractivity contribution in [1.29, 1.82) is 0 Å². The van der Waals surface area contributed by atoms with Gasteiger partial charge in [-0.15, -0.1) is 0 Å². The molecule has 390 valence electrons. The fourth-order valence-electron chi connectivity index (χ4n) is 9.38. The summed E-state index contributed by atoms with van der Waals surface area (Å²) in [5, 5.41) is 33.5. The molecule has 66 heavy (non-hydrogen) atoms. The minimum absolute atomic E-state index is 0.00582. The van der Waals surface area contributed by atoms with Crippen LogP contribution in [0.3, 0.4) is 0 Å². The van der Waals surface area contributed by atoms with E-state index >= 15 is 0 Å². The summed E-state index contributed by atoms with van der Waals surface area (Å²) in [5.41, 5.74) is 0. The Kier molecular flexibility index (Phi) is 54.9. The first-order valence-electron chi connectivity index (χ1n) is 29.8. The second-order valence-electron chi connectivity index (χ2n) is 20.6. The summed E-state index contributed by atoms with van der Waals surface area (Å²) in [7, 11) is 0. The molecule has 0 aliphatic carbocycles. The Bertz CT molecular complexity index is 1020. The van der Waals surface area contributed by atoms with Gasteiger partial charge >= 0.3 is 0 Å². The molecule has 0 radical (unpaired) electrons. The number of hydrogen-bond acceptors (Lipinski definition) is 4. The van der Waals surface area contributed by atoms with E-state index in [1.165, 1.54) is 257 Å². The highest BCUT2D eigenvalue weighted by molar-refractivity contribution is 5.76. The van der Waals surface area contributed by atoms with Gasteiger partial charge in [0.2, 0.25) is 5.91 Å². The largest absolute Gasteiger partial charge is 0.394 e. The molecule has 5 heteroatoms. The van der Waals surface area contributed by atoms with Gasteiger partial charge in [-0.3, -0.25) is 4.79 Å². The highest BCUT2D eigenvalue weighted by atomic mass is 16.3. The maximum atomic E-state index is 12.5. The van der Waals surface area contributed by atoms with Crippen LogP contribution in [0, 0.1) is 0 Å². The number of allylic oxidation sites excluding steroid dienone is 5. The van der Waals surface area contributed by atoms with Crippen molar-refractivity contribution in [2.24, 2.45) is 0 Å². The normalized spacial score (nSPS) is 13.5. The average molecular weight is 929 g/mol. The summed E-state index contributed by atoms with van der Waals surface area (Å²) in [5.74, 6) is -0.324. The predicted octanol–water partition coefficient (Wildman–Crippen LogP) is 18.6. The van der Waals surface area contributed by atoms with Crippen molar-refractivity contribution in [2.45, 2.75) is 340 Å². The molecule has 5 nitrogen and oxygen atoms in total. The lowest BCUT2D eigenvalue weighted by atomic mass is 10.0. The van der Waals surface area contributed by atoms with Gasteiger partial charge in [0.05, 0.1) is 31.3 Å². The quantitative estimate of drug-likeness (QED) is 0.0361. The van der Waals surface area contributed by atoms with E-state index in [4.69, 9.17) is 0 Å². The average Bonchev–Trinajstić information content (AvgIpc) is 3.31. The monoisotopic (exact) mass is 928 g/mol. The van der Waals surface area contributed by atoms with Gasteiger partial charge in [0.25, 0.3) is 0 Å². The molecule has 0 aromatic carbocycles. The zero-order valence-corrected chi connectivity index (χ0v) is 44.6. The Balaban J connectivity index is 3.58. The molecule has 0 aromatic heterocycles. The fourth-order valence-corrected chi connectivity index (χ4v) is 9.38. The van der Waals surface area contributed by atoms with Crippen LogP contribution in [-0.4, -0.2) is 46.1 Å². The van der Waals surface area contributed by atoms with E-state index in [1.807, 2.05) is 6.08 Å². The molecule has 3 unspecified atom stereocenters. The molecule has 0 heterocycles. The lowest BCUT2D eigenvalue weighted by molar-refractivity contribution is -0.124. The van der Waals surface area contributed by atoms with E-state index in [-0.39, 0.29) is 18.9 Å². The minimum Gasteiger partial charge on any atom is -0.394 e. The zero-order chi connectivity index (χ0) is 47.9. The van der Waals surface area contributed by atoms with Gasteiger partial charge in [0, 0.05) is 0 Å². The second kappa shape index (κ2) is 56.2. The Morgan fingerprint density at radius 2 is 0.652 bits per heavy atom. The molecule has 0 aliphatic heterocycles. The summed E-state index contributed by atoms with van der Waals surface area (Å²) >= 11 is 0. The van der Waals surface area contributed by atoms with Crippen LogP contribution in [0.4, 0.5) is 0 Å². The third-order valence-electron chi connectivity index (χ3n) is 13.9. The van der Waals surface area contributed by atoms with Crippen molar-refractivity contribution >= 4 is 5.91 Å². The van der Waals surface area contributed by atoms with Crippen molar-refractivity contribution in [3.63, 3.8) is 0 Å². The molecule has 3 atom stereocenters. The number of carbonyl (C=O) groups is 1. The topological polar surface area (TPSA) is 89.8 Å². The predicted molar refractivity (Wildman–Crippen MR) is 291 cm³/mol. The van der Waals surface area contributed by atoms with Crippen molar-refractivity contribution in [3.8, 4) is 0 Å². The van der Waals surface area contributed by atoms with Crippen LogP contribution < -0.4 is 5.32 Å². The van der Waals surface area contributed by atoms with Crippen LogP contribution in [0.5, 0.6) is 0 Å². The summed E-state index contributed by atoms with van der Waals surface area (Å²) in [6.45, 7) is 4.24. The maximum absolute atomic E-state index is 12.5. The Morgan fingerprint density at radius 1 is 0.379 bits per heavy atom. The van der Waals surface area contributed by atoms with Crippen LogP contribution in [0.25, 0.3) is 0 Å². The van der Waals surface area contributed by atoms with E-state index in [9.17, 15) is 20.1 Å². The second-order valence-corrected chi connectivity index (χ2v) is 20.6. The number of aliphatic hydroxyl groups is 3. The van der Waals surface area contributed by atoms with Gasteiger partial charge in [-0.25, -0.2) is 0 Å². The molecule has 0 rings (SSSR count). The number of aliphatic hydroxyl groups excluding tert-OH is 3. The molecule has 4 N–H and O–H groups in total. The number of hydrogen-bond donors (Lipinski definition) is 4. The van der Waals surface area contributed by atoms with Crippen LogP contribution in [-0.2, 0) is 4.79 Å². The number of carbonyl (C=O) groups excluding carboxylic acids is 1. The molecular weight excluding hydrogens is 811 g/mol. The number of rotatable bonds is 55. The third-order valence-corrected chi connectivity index (χ3v) is 13.9. The standard InChI is InChI=1S/C61H117NO4/c1-3-5-7-9-11-13-15-17-19-21-23-25-27-29-30-31-32-34-36-38-40-42-44-46-48-50-52-54-58(64)56-61(66)62-59(57-63)60(65)55-53-51-49-47-45-43-41-39-37-35-33-28-26-24-22-20-18-16-14-12-10-8-6-4-2/h37,39,45,47,53,55,58-60,63-65H,3-36,38,40-44,46,48-52,54,56-57H2,1-2H3,(H,62,66)/b39-37+,47-45+,55-53+. The van der Waals surface area contributed by atoms with E-state index in [2.05, 4.69) is 43.5 Å². The summed E-state index contributed by atoms with van der Waals surface area (Å²) in [6, 6.07) is -0.767. The first-order chi connectivity index (χ1) is 32.5. The molecule has 0 fully saturated rings. The summed E-state index contributed by atoms with van der Waals surface area (Å²) in [6.07, 6.45) is 73.5. The zero-order valence-electron chi connectivity index (χ0n) is 44.6. The Labute approximate surface area is 413 Å². The van der Waals surface area contributed by atoms with E-state index in [1.54, 1.807) is 6.08 Å². The minimum atomic E-state index is -0.960. The summed E-state index contributed by atoms with van der Waals surface area (Å²) < 4.78 is 0. The number of unbranched alkanes of at least 4 members (excludes halogenated alkanes) is 42. The van der Waals surface area contributed by atoms with Crippen molar-refractivity contribution < 1.29 is 20.1 Å². The van der Waals surface area contributed by atoms with Gasteiger partial charge in [-0.05, 0) is 44.9 Å². The molecule has 0 bridgehead atoms. The molecule has 0 aromatic rings. The molecular formula is C61H117NO4. The summed E-state index contributed by atoms with van der Waals surface area (Å²) in [4.78, 5) is 12.5. The number of amides is 1. The van der Waals surface area contributed by atoms with E-state index in [0.29, 0.717) is 6.42 Å². The Hall–Kier alpha value is -1.43. The molecule has 1 amide bonds. The van der Waals surface area contributed by atoms with Crippen molar-refractivity contribution in [3.05, 3.63) is 36.5 Å². The van der Waals surface area contributed by atoms with Crippen LogP contribution in [0.2, 0.25) is 0 Å². The highest BCUT2D eigenvalue weighted by Crippen LogP contribution is 2.18. The molecule has 0 aliphatic rings. The first kappa shape index (κ1) is 64.6.